The zero-order valence-corrected chi connectivity index (χ0v) is 16.4. The number of carbonyl (C=O) groups is 3. The largest absolute Gasteiger partial charge is 0.480 e. The Morgan fingerprint density at radius 3 is 2.08 bits per heavy atom. The van der Waals surface area contributed by atoms with Crippen molar-refractivity contribution in [2.75, 3.05) is 0 Å². The van der Waals surface area contributed by atoms with E-state index in [4.69, 9.17) is 0 Å². The molecule has 1 aromatic rings. The molecule has 7 atom stereocenters. The van der Waals surface area contributed by atoms with Gasteiger partial charge in [0, 0.05) is 16.1 Å². The highest BCUT2D eigenvalue weighted by atomic mass is 79.9. The first-order valence-corrected chi connectivity index (χ1v) is 10.2. The minimum Gasteiger partial charge on any atom is -0.480 e. The molecule has 25 heavy (non-hydrogen) atoms. The Bertz CT molecular complexity index is 708. The number of likely N-dealkylation sites (tertiary alicyclic amines) is 1. The second-order valence-corrected chi connectivity index (χ2v) is 9.21. The smallest absolute Gasteiger partial charge is 0.327 e. The van der Waals surface area contributed by atoms with Crippen LogP contribution < -0.4 is 0 Å². The lowest BCUT2D eigenvalue weighted by Gasteiger charge is -2.28. The van der Waals surface area contributed by atoms with Gasteiger partial charge in [0.05, 0.1) is 11.8 Å². The van der Waals surface area contributed by atoms with Gasteiger partial charge in [-0.1, -0.05) is 62.2 Å². The van der Waals surface area contributed by atoms with Crippen molar-refractivity contribution in [3.8, 4) is 0 Å². The minimum atomic E-state index is -1.14. The first-order chi connectivity index (χ1) is 11.9. The molecule has 1 saturated heterocycles. The molecule has 2 bridgehead atoms. The Hall–Kier alpha value is -1.21. The summed E-state index contributed by atoms with van der Waals surface area (Å²) < 4.78 is 0. The summed E-state index contributed by atoms with van der Waals surface area (Å²) in [7, 11) is 0. The van der Waals surface area contributed by atoms with Crippen LogP contribution in [0.15, 0.2) is 30.3 Å². The van der Waals surface area contributed by atoms with E-state index in [0.29, 0.717) is 0 Å². The number of carboxylic acids is 1. The number of rotatable bonds is 4. The number of imide groups is 1. The van der Waals surface area contributed by atoms with Crippen molar-refractivity contribution in [2.24, 2.45) is 23.7 Å². The number of amides is 2. The highest BCUT2D eigenvalue weighted by Crippen LogP contribution is 2.60. The Labute approximate surface area is 162 Å². The zero-order chi connectivity index (χ0) is 17.9. The lowest BCUT2D eigenvalue weighted by Crippen LogP contribution is -2.47. The van der Waals surface area contributed by atoms with Gasteiger partial charge in [0.25, 0.3) is 0 Å². The van der Waals surface area contributed by atoms with Crippen LogP contribution in [0.2, 0.25) is 0 Å². The van der Waals surface area contributed by atoms with Crippen LogP contribution in [0.4, 0.5) is 0 Å². The molecule has 2 saturated carbocycles. The summed E-state index contributed by atoms with van der Waals surface area (Å²) in [5.74, 6) is -2.34. The molecule has 2 amide bonds. The van der Waals surface area contributed by atoms with Gasteiger partial charge in [-0.2, -0.15) is 0 Å². The quantitative estimate of drug-likeness (QED) is 0.541. The summed E-state index contributed by atoms with van der Waals surface area (Å²) in [5, 5.41) is 9.68. The molecule has 7 heteroatoms. The summed E-state index contributed by atoms with van der Waals surface area (Å²) in [5.41, 5.74) is 0.798. The lowest BCUT2D eigenvalue weighted by molar-refractivity contribution is -0.155. The Balaban J connectivity index is 1.65. The van der Waals surface area contributed by atoms with E-state index in [1.165, 1.54) is 0 Å². The summed E-state index contributed by atoms with van der Waals surface area (Å²) in [4.78, 5) is 39.1. The fourth-order valence-electron chi connectivity index (χ4n) is 4.81. The molecule has 2 aliphatic carbocycles. The van der Waals surface area contributed by atoms with E-state index in [1.54, 1.807) is 0 Å². The summed E-state index contributed by atoms with van der Waals surface area (Å²) >= 11 is 7.28. The molecule has 0 spiro atoms. The second kappa shape index (κ2) is 6.20. The number of carbonyl (C=O) groups excluding carboxylic acids is 2. The third kappa shape index (κ3) is 2.50. The Kier molecular flexibility index (Phi) is 4.27. The highest BCUT2D eigenvalue weighted by molar-refractivity contribution is 9.12. The van der Waals surface area contributed by atoms with Gasteiger partial charge in [0.2, 0.25) is 11.8 Å². The molecular formula is C18H17Br2NO4. The standard InChI is InChI=1S/C18H17Br2NO4/c19-14-9-7-10(15(14)20)13-12(9)16(22)21(17(13)23)11(18(24)25)6-8-4-2-1-3-5-8/h1-5,9-15H,6-7H2,(H,24,25)/t9-,10+,11-,12+,13-,14-,15-/m1/s1. The monoisotopic (exact) mass is 469 g/mol. The van der Waals surface area contributed by atoms with E-state index < -0.39 is 12.0 Å². The average Bonchev–Trinajstić information content (AvgIpc) is 3.19. The average molecular weight is 471 g/mol. The van der Waals surface area contributed by atoms with Gasteiger partial charge < -0.3 is 5.11 Å². The number of carboxylic acid groups (broad SMARTS) is 1. The molecule has 132 valence electrons. The predicted octanol–water partition coefficient (Wildman–Crippen LogP) is 2.46. The third-order valence-corrected chi connectivity index (χ3v) is 9.10. The number of halogens is 2. The predicted molar refractivity (Wildman–Crippen MR) is 97.4 cm³/mol. The molecule has 1 aliphatic heterocycles. The maximum absolute atomic E-state index is 13.0. The summed E-state index contributed by atoms with van der Waals surface area (Å²) in [6, 6.07) is 7.97. The molecule has 0 unspecified atom stereocenters. The van der Waals surface area contributed by atoms with Crippen LogP contribution in [0.25, 0.3) is 0 Å². The van der Waals surface area contributed by atoms with E-state index in [2.05, 4.69) is 31.9 Å². The maximum Gasteiger partial charge on any atom is 0.327 e. The molecule has 0 radical (unpaired) electrons. The number of alkyl halides is 2. The van der Waals surface area contributed by atoms with Gasteiger partial charge in [0.15, 0.2) is 0 Å². The van der Waals surface area contributed by atoms with Crippen LogP contribution in [-0.4, -0.2) is 43.5 Å². The molecule has 3 aliphatic rings. The van der Waals surface area contributed by atoms with Crippen molar-refractivity contribution in [1.82, 2.24) is 4.90 Å². The van der Waals surface area contributed by atoms with E-state index >= 15 is 0 Å². The third-order valence-electron chi connectivity index (χ3n) is 5.89. The summed E-state index contributed by atoms with van der Waals surface area (Å²) in [6.07, 6.45) is 0.973. The van der Waals surface area contributed by atoms with Gasteiger partial charge in [-0.3, -0.25) is 14.5 Å². The zero-order valence-electron chi connectivity index (χ0n) is 13.2. The van der Waals surface area contributed by atoms with Crippen molar-refractivity contribution in [3.05, 3.63) is 35.9 Å². The molecule has 1 heterocycles. The summed E-state index contributed by atoms with van der Waals surface area (Å²) in [6.45, 7) is 0. The van der Waals surface area contributed by atoms with E-state index in [-0.39, 0.29) is 51.6 Å². The molecule has 4 rings (SSSR count). The van der Waals surface area contributed by atoms with Gasteiger partial charge in [-0.15, -0.1) is 0 Å². The van der Waals surface area contributed by atoms with Gasteiger partial charge in [0.1, 0.15) is 6.04 Å². The molecule has 5 nitrogen and oxygen atoms in total. The van der Waals surface area contributed by atoms with Gasteiger partial charge in [-0.05, 0) is 23.8 Å². The normalized spacial score (nSPS) is 37.4. The fourth-order valence-corrected chi connectivity index (χ4v) is 6.68. The van der Waals surface area contributed by atoms with Gasteiger partial charge in [-0.25, -0.2) is 4.79 Å². The fraction of sp³-hybridized carbons (Fsp3) is 0.500. The minimum absolute atomic E-state index is 0.0898. The van der Waals surface area contributed by atoms with E-state index in [9.17, 15) is 19.5 Å². The van der Waals surface area contributed by atoms with Crippen LogP contribution in [0.1, 0.15) is 12.0 Å². The topological polar surface area (TPSA) is 74.7 Å². The van der Waals surface area contributed by atoms with Crippen LogP contribution in [0.5, 0.6) is 0 Å². The van der Waals surface area contributed by atoms with E-state index in [1.807, 2.05) is 30.3 Å². The van der Waals surface area contributed by atoms with Crippen LogP contribution in [-0.2, 0) is 20.8 Å². The lowest BCUT2D eigenvalue weighted by atomic mass is 9.81. The van der Waals surface area contributed by atoms with Crippen LogP contribution in [0, 0.1) is 23.7 Å². The molecule has 0 aromatic heterocycles. The van der Waals surface area contributed by atoms with Crippen molar-refractivity contribution in [3.63, 3.8) is 0 Å². The number of nitrogens with zero attached hydrogens (tertiary/aromatic N) is 1. The Morgan fingerprint density at radius 2 is 1.60 bits per heavy atom. The van der Waals surface area contributed by atoms with Crippen molar-refractivity contribution >= 4 is 49.6 Å². The molecule has 1 aromatic carbocycles. The molecule has 3 fully saturated rings. The van der Waals surface area contributed by atoms with Crippen LogP contribution in [0.3, 0.4) is 0 Å². The van der Waals surface area contributed by atoms with Crippen LogP contribution >= 0.6 is 31.9 Å². The maximum atomic E-state index is 13.0. The number of aliphatic carboxylic acids is 1. The number of hydrogen-bond donors (Lipinski definition) is 1. The number of fused-ring (bicyclic) bond motifs is 5. The first kappa shape index (κ1) is 17.2. The van der Waals surface area contributed by atoms with Crippen molar-refractivity contribution in [1.29, 1.82) is 0 Å². The first-order valence-electron chi connectivity index (χ1n) is 8.33. The Morgan fingerprint density at radius 1 is 1.08 bits per heavy atom. The SMILES string of the molecule is O=C(O)[C@@H](Cc1ccccc1)N1C(=O)[C@@H]2[C@@H]3C[C@@H]([C@@H](Br)[C@@H]3Br)[C@@H]2C1=O. The number of hydrogen-bond acceptors (Lipinski definition) is 3. The highest BCUT2D eigenvalue weighted by Gasteiger charge is 2.67. The molecule has 1 N–H and O–H groups in total. The number of benzene rings is 1. The van der Waals surface area contributed by atoms with Gasteiger partial charge >= 0.3 is 5.97 Å². The van der Waals surface area contributed by atoms with E-state index in [0.717, 1.165) is 16.9 Å². The van der Waals surface area contributed by atoms with Crippen molar-refractivity contribution < 1.29 is 19.5 Å². The van der Waals surface area contributed by atoms with Crippen molar-refractivity contribution in [2.45, 2.75) is 28.5 Å². The molecular weight excluding hydrogens is 454 g/mol. The second-order valence-electron chi connectivity index (χ2n) is 7.09.